The van der Waals surface area contributed by atoms with Crippen LogP contribution in [0.5, 0.6) is 5.75 Å². The second-order valence-corrected chi connectivity index (χ2v) is 4.59. The molecule has 0 aliphatic rings. The Balaban J connectivity index is 2.48. The summed E-state index contributed by atoms with van der Waals surface area (Å²) in [6.07, 6.45) is -3.83. The van der Waals surface area contributed by atoms with Crippen molar-refractivity contribution in [3.8, 4) is 17.3 Å². The summed E-state index contributed by atoms with van der Waals surface area (Å²) in [5.41, 5.74) is 0.633. The van der Waals surface area contributed by atoms with Crippen molar-refractivity contribution in [2.45, 2.75) is 26.1 Å². The van der Waals surface area contributed by atoms with Crippen LogP contribution in [0.3, 0.4) is 0 Å². The normalized spacial score (nSPS) is 11.9. The summed E-state index contributed by atoms with van der Waals surface area (Å²) in [6.45, 7) is 3.30. The molecule has 0 saturated carbocycles. The van der Waals surface area contributed by atoms with E-state index >= 15 is 0 Å². The summed E-state index contributed by atoms with van der Waals surface area (Å²) in [4.78, 5) is 7.74. The van der Waals surface area contributed by atoms with Crippen LogP contribution in [0.2, 0.25) is 0 Å². The van der Waals surface area contributed by atoms with Gasteiger partial charge in [0.05, 0.1) is 12.3 Å². The minimum atomic E-state index is -4.52. The highest BCUT2D eigenvalue weighted by atomic mass is 32.1. The molecule has 0 amide bonds. The lowest BCUT2D eigenvalue weighted by Crippen LogP contribution is -2.13. The highest BCUT2D eigenvalue weighted by Crippen LogP contribution is 2.37. The zero-order valence-corrected chi connectivity index (χ0v) is 10.9. The standard InChI is InChI=1S/C11H10F3N3OS/c1-6(2)18-9-4-15-8(10-16-5-19-17-10)3-7(9)11(12,13)14/h3-6H,1-2H3. The molecule has 0 radical (unpaired) electrons. The van der Waals surface area contributed by atoms with Crippen LogP contribution in [0.15, 0.2) is 17.8 Å². The lowest BCUT2D eigenvalue weighted by atomic mass is 10.2. The van der Waals surface area contributed by atoms with E-state index in [1.165, 1.54) is 5.51 Å². The smallest absolute Gasteiger partial charge is 0.420 e. The van der Waals surface area contributed by atoms with Gasteiger partial charge in [0.15, 0.2) is 5.82 Å². The topological polar surface area (TPSA) is 47.9 Å². The fourth-order valence-electron chi connectivity index (χ4n) is 1.42. The first-order valence-electron chi connectivity index (χ1n) is 5.38. The Morgan fingerprint density at radius 1 is 1.26 bits per heavy atom. The van der Waals surface area contributed by atoms with Crippen LogP contribution < -0.4 is 4.74 Å². The van der Waals surface area contributed by atoms with Crippen molar-refractivity contribution in [1.29, 1.82) is 0 Å². The van der Waals surface area contributed by atoms with Crippen molar-refractivity contribution in [3.05, 3.63) is 23.3 Å². The van der Waals surface area contributed by atoms with Gasteiger partial charge in [-0.1, -0.05) is 0 Å². The maximum Gasteiger partial charge on any atom is 0.420 e. The maximum absolute atomic E-state index is 13.0. The molecule has 0 fully saturated rings. The zero-order chi connectivity index (χ0) is 14.0. The fourth-order valence-corrected chi connectivity index (χ4v) is 1.85. The molecule has 19 heavy (non-hydrogen) atoms. The summed E-state index contributed by atoms with van der Waals surface area (Å²) in [6, 6.07) is 0.903. The van der Waals surface area contributed by atoms with Gasteiger partial charge in [0.1, 0.15) is 22.5 Å². The maximum atomic E-state index is 13.0. The van der Waals surface area contributed by atoms with Crippen molar-refractivity contribution in [1.82, 2.24) is 14.3 Å². The summed E-state index contributed by atoms with van der Waals surface area (Å²) >= 11 is 1.05. The molecular weight excluding hydrogens is 279 g/mol. The third kappa shape index (κ3) is 3.19. The Labute approximate surface area is 111 Å². The number of rotatable bonds is 3. The van der Waals surface area contributed by atoms with E-state index in [1.807, 2.05) is 0 Å². The van der Waals surface area contributed by atoms with Gasteiger partial charge < -0.3 is 4.74 Å². The van der Waals surface area contributed by atoms with E-state index in [2.05, 4.69) is 14.3 Å². The molecule has 0 atom stereocenters. The first-order chi connectivity index (χ1) is 8.88. The molecule has 0 unspecified atom stereocenters. The van der Waals surface area contributed by atoms with Crippen molar-refractivity contribution in [2.75, 3.05) is 0 Å². The van der Waals surface area contributed by atoms with Crippen molar-refractivity contribution in [2.24, 2.45) is 0 Å². The minimum absolute atomic E-state index is 0.0738. The Morgan fingerprint density at radius 3 is 2.53 bits per heavy atom. The molecule has 4 nitrogen and oxygen atoms in total. The van der Waals surface area contributed by atoms with Crippen LogP contribution in [0.25, 0.3) is 11.5 Å². The van der Waals surface area contributed by atoms with Gasteiger partial charge in [0.2, 0.25) is 0 Å². The Hall–Kier alpha value is -1.70. The van der Waals surface area contributed by atoms with Crippen LogP contribution in [-0.2, 0) is 6.18 Å². The number of aromatic nitrogens is 3. The van der Waals surface area contributed by atoms with E-state index in [-0.39, 0.29) is 23.4 Å². The molecule has 0 bridgehead atoms. The SMILES string of the molecule is CC(C)Oc1cnc(-c2ncsn2)cc1C(F)(F)F. The second-order valence-electron chi connectivity index (χ2n) is 3.98. The Kier molecular flexibility index (Phi) is 3.70. The number of ether oxygens (including phenoxy) is 1. The molecule has 2 heterocycles. The molecule has 102 valence electrons. The average Bonchev–Trinajstić information content (AvgIpc) is 2.80. The highest BCUT2D eigenvalue weighted by Gasteiger charge is 2.35. The first-order valence-corrected chi connectivity index (χ1v) is 6.22. The van der Waals surface area contributed by atoms with Gasteiger partial charge in [-0.25, -0.2) is 9.97 Å². The van der Waals surface area contributed by atoms with E-state index in [4.69, 9.17) is 4.74 Å². The van der Waals surface area contributed by atoms with Gasteiger partial charge in [-0.2, -0.15) is 17.5 Å². The van der Waals surface area contributed by atoms with E-state index in [0.29, 0.717) is 0 Å². The number of pyridine rings is 1. The van der Waals surface area contributed by atoms with Crippen LogP contribution in [0.1, 0.15) is 19.4 Å². The van der Waals surface area contributed by atoms with Gasteiger partial charge in [-0.3, -0.25) is 0 Å². The summed E-state index contributed by atoms with van der Waals surface area (Å²) in [5, 5.41) is 0. The number of alkyl halides is 3. The molecule has 0 spiro atoms. The number of hydrogen-bond donors (Lipinski definition) is 0. The van der Waals surface area contributed by atoms with Crippen molar-refractivity contribution in [3.63, 3.8) is 0 Å². The number of nitrogens with zero attached hydrogens (tertiary/aromatic N) is 3. The zero-order valence-electron chi connectivity index (χ0n) is 10.1. The van der Waals surface area contributed by atoms with E-state index in [0.717, 1.165) is 23.8 Å². The molecule has 0 saturated heterocycles. The molecule has 8 heteroatoms. The third-order valence-corrected chi connectivity index (χ3v) is 2.60. The lowest BCUT2D eigenvalue weighted by molar-refractivity contribution is -0.139. The van der Waals surface area contributed by atoms with E-state index in [1.54, 1.807) is 13.8 Å². The largest absolute Gasteiger partial charge is 0.489 e. The van der Waals surface area contributed by atoms with Gasteiger partial charge in [0.25, 0.3) is 0 Å². The molecule has 2 aromatic heterocycles. The summed E-state index contributed by atoms with van der Waals surface area (Å²) in [5.74, 6) is -0.118. The predicted octanol–water partition coefficient (Wildman–Crippen LogP) is 3.41. The third-order valence-electron chi connectivity index (χ3n) is 2.13. The first kappa shape index (κ1) is 13.7. The predicted molar refractivity (Wildman–Crippen MR) is 63.9 cm³/mol. The molecular formula is C11H10F3N3OS. The quantitative estimate of drug-likeness (QED) is 0.868. The number of hydrogen-bond acceptors (Lipinski definition) is 5. The van der Waals surface area contributed by atoms with Crippen LogP contribution in [-0.4, -0.2) is 20.4 Å². The van der Waals surface area contributed by atoms with Gasteiger partial charge in [-0.15, -0.1) is 0 Å². The molecule has 2 aromatic rings. The summed E-state index contributed by atoms with van der Waals surface area (Å²) < 4.78 is 47.9. The minimum Gasteiger partial charge on any atom is -0.489 e. The van der Waals surface area contributed by atoms with E-state index < -0.39 is 11.7 Å². The van der Waals surface area contributed by atoms with Gasteiger partial charge in [-0.05, 0) is 31.4 Å². The lowest BCUT2D eigenvalue weighted by Gasteiger charge is -2.16. The Morgan fingerprint density at radius 2 is 2.00 bits per heavy atom. The average molecular weight is 289 g/mol. The van der Waals surface area contributed by atoms with Gasteiger partial charge >= 0.3 is 6.18 Å². The molecule has 0 aliphatic carbocycles. The summed E-state index contributed by atoms with van der Waals surface area (Å²) in [7, 11) is 0. The van der Waals surface area contributed by atoms with Crippen molar-refractivity contribution >= 4 is 11.5 Å². The van der Waals surface area contributed by atoms with Gasteiger partial charge in [0, 0.05) is 0 Å². The second kappa shape index (κ2) is 5.12. The van der Waals surface area contributed by atoms with Crippen LogP contribution >= 0.6 is 11.5 Å². The fraction of sp³-hybridized carbons (Fsp3) is 0.364. The molecule has 0 N–H and O–H groups in total. The monoisotopic (exact) mass is 289 g/mol. The molecule has 0 aromatic carbocycles. The van der Waals surface area contributed by atoms with Crippen LogP contribution in [0.4, 0.5) is 13.2 Å². The number of halogens is 3. The molecule has 2 rings (SSSR count). The van der Waals surface area contributed by atoms with E-state index in [9.17, 15) is 13.2 Å². The molecule has 0 aliphatic heterocycles. The van der Waals surface area contributed by atoms with Crippen molar-refractivity contribution < 1.29 is 17.9 Å². The van der Waals surface area contributed by atoms with Crippen LogP contribution in [0, 0.1) is 0 Å². The Bertz CT molecular complexity index is 555. The highest BCUT2D eigenvalue weighted by molar-refractivity contribution is 7.03.